The van der Waals surface area contributed by atoms with E-state index >= 15 is 0 Å². The zero-order valence-electron chi connectivity index (χ0n) is 20.1. The Kier molecular flexibility index (Phi) is 8.07. The number of carbonyl (C=O) groups excluding carboxylic acids is 1. The fraction of sp³-hybridized carbons (Fsp3) is 0.259. The summed E-state index contributed by atoms with van der Waals surface area (Å²) in [6.07, 6.45) is 0.490. The average Bonchev–Trinajstić information content (AvgIpc) is 2.89. The largest absolute Gasteiger partial charge is 0.327 e. The van der Waals surface area contributed by atoms with Gasteiger partial charge in [-0.1, -0.05) is 48.9 Å². The van der Waals surface area contributed by atoms with Crippen LogP contribution in [0, 0.1) is 5.82 Å². The minimum Gasteiger partial charge on any atom is -0.327 e. The Balaban J connectivity index is 1.89. The van der Waals surface area contributed by atoms with Gasteiger partial charge in [0.2, 0.25) is 0 Å². The van der Waals surface area contributed by atoms with E-state index in [4.69, 9.17) is 16.6 Å². The highest BCUT2D eigenvalue weighted by Gasteiger charge is 2.29. The second-order valence-electron chi connectivity index (χ2n) is 8.39. The molecule has 0 aliphatic rings. The van der Waals surface area contributed by atoms with Gasteiger partial charge in [-0.15, -0.1) is 0 Å². The first kappa shape index (κ1) is 25.5. The van der Waals surface area contributed by atoms with Gasteiger partial charge < -0.3 is 10.2 Å². The maximum atomic E-state index is 13.7. The van der Waals surface area contributed by atoms with Gasteiger partial charge in [0.05, 0.1) is 18.0 Å². The first-order valence-corrected chi connectivity index (χ1v) is 12.1. The number of pyridine rings is 1. The summed E-state index contributed by atoms with van der Waals surface area (Å²) in [5, 5.41) is 3.65. The van der Waals surface area contributed by atoms with Gasteiger partial charge in [0.25, 0.3) is 11.5 Å². The van der Waals surface area contributed by atoms with E-state index in [-0.39, 0.29) is 28.8 Å². The molecule has 0 aliphatic heterocycles. The van der Waals surface area contributed by atoms with Crippen LogP contribution in [0.4, 0.5) is 4.39 Å². The number of hydrogen-bond donors (Lipinski definition) is 1. The third kappa shape index (κ3) is 5.45. The Morgan fingerprint density at radius 2 is 1.81 bits per heavy atom. The van der Waals surface area contributed by atoms with Gasteiger partial charge in [0.1, 0.15) is 16.8 Å². The van der Waals surface area contributed by atoms with Crippen molar-refractivity contribution in [3.63, 3.8) is 0 Å². The molecule has 1 amide bonds. The highest BCUT2D eigenvalue weighted by molar-refractivity contribution is 6.29. The lowest BCUT2D eigenvalue weighted by atomic mass is 10.1. The number of carbonyl (C=O) groups is 1. The van der Waals surface area contributed by atoms with Crippen molar-refractivity contribution < 1.29 is 9.18 Å². The van der Waals surface area contributed by atoms with Gasteiger partial charge in [-0.2, -0.15) is 0 Å². The molecule has 9 heteroatoms. The third-order valence-electron chi connectivity index (χ3n) is 6.01. The Labute approximate surface area is 213 Å². The minimum atomic E-state index is -0.544. The average molecular weight is 508 g/mol. The summed E-state index contributed by atoms with van der Waals surface area (Å²) in [5.74, 6) is -0.284. The van der Waals surface area contributed by atoms with Crippen LogP contribution in [0.3, 0.4) is 0 Å². The number of halogens is 2. The molecule has 1 atom stereocenters. The monoisotopic (exact) mass is 507 g/mol. The second kappa shape index (κ2) is 11.4. The summed E-state index contributed by atoms with van der Waals surface area (Å²) >= 11 is 6.12. The standard InChI is InChI=1S/C27H27ClFN5O2/c1-3-22(33(16-15-30-2)26(35)19-9-11-20(29)12-10-19)25-32-24-21(13-14-23(28)31-24)27(36)34(25)17-18-7-5-4-6-8-18/h4-14,22,30H,3,15-17H2,1-2H3. The third-order valence-corrected chi connectivity index (χ3v) is 6.22. The molecule has 186 valence electrons. The van der Waals surface area contributed by atoms with E-state index in [9.17, 15) is 14.0 Å². The molecule has 0 fully saturated rings. The summed E-state index contributed by atoms with van der Waals surface area (Å²) in [4.78, 5) is 38.0. The molecule has 1 unspecified atom stereocenters. The molecule has 4 rings (SSSR count). The van der Waals surface area contributed by atoms with Crippen molar-refractivity contribution in [2.45, 2.75) is 25.9 Å². The molecule has 4 aromatic rings. The summed E-state index contributed by atoms with van der Waals surface area (Å²) < 4.78 is 15.1. The summed E-state index contributed by atoms with van der Waals surface area (Å²) in [6, 6.07) is 17.7. The fourth-order valence-corrected chi connectivity index (χ4v) is 4.34. The van der Waals surface area contributed by atoms with E-state index in [0.717, 1.165) is 5.56 Å². The molecule has 2 aromatic heterocycles. The number of aromatic nitrogens is 3. The van der Waals surface area contributed by atoms with Crippen molar-refractivity contribution in [1.29, 1.82) is 0 Å². The van der Waals surface area contributed by atoms with Crippen molar-refractivity contribution in [1.82, 2.24) is 24.8 Å². The molecule has 0 spiro atoms. The minimum absolute atomic E-state index is 0.226. The Bertz CT molecular complexity index is 1410. The van der Waals surface area contributed by atoms with Gasteiger partial charge >= 0.3 is 0 Å². The smallest absolute Gasteiger partial charge is 0.263 e. The predicted octanol–water partition coefficient (Wildman–Crippen LogP) is 4.45. The topological polar surface area (TPSA) is 80.1 Å². The number of rotatable bonds is 9. The molecule has 1 N–H and O–H groups in total. The number of amides is 1. The van der Waals surface area contributed by atoms with Crippen LogP contribution < -0.4 is 10.9 Å². The molecular weight excluding hydrogens is 481 g/mol. The lowest BCUT2D eigenvalue weighted by Crippen LogP contribution is -2.42. The number of likely N-dealkylation sites (N-methyl/N-ethyl adjacent to an activating group) is 1. The Morgan fingerprint density at radius 1 is 1.08 bits per heavy atom. The maximum Gasteiger partial charge on any atom is 0.263 e. The number of fused-ring (bicyclic) bond motifs is 1. The van der Waals surface area contributed by atoms with Crippen LogP contribution >= 0.6 is 11.6 Å². The maximum absolute atomic E-state index is 13.7. The second-order valence-corrected chi connectivity index (χ2v) is 8.77. The van der Waals surface area contributed by atoms with Crippen LogP contribution in [0.15, 0.2) is 71.5 Å². The highest BCUT2D eigenvalue weighted by Crippen LogP contribution is 2.26. The van der Waals surface area contributed by atoms with E-state index in [2.05, 4.69) is 10.3 Å². The van der Waals surface area contributed by atoms with Crippen LogP contribution in [0.25, 0.3) is 11.0 Å². The SMILES string of the molecule is CCC(c1nc2nc(Cl)ccc2c(=O)n1Cc1ccccc1)N(CCNC)C(=O)c1ccc(F)cc1. The molecule has 36 heavy (non-hydrogen) atoms. The molecule has 0 saturated carbocycles. The highest BCUT2D eigenvalue weighted by atomic mass is 35.5. The van der Waals surface area contributed by atoms with Crippen LogP contribution in [-0.4, -0.2) is 45.5 Å². The first-order valence-electron chi connectivity index (χ1n) is 11.7. The van der Waals surface area contributed by atoms with E-state index in [0.29, 0.717) is 36.3 Å². The number of nitrogens with zero attached hydrogens (tertiary/aromatic N) is 4. The fourth-order valence-electron chi connectivity index (χ4n) is 4.20. The van der Waals surface area contributed by atoms with E-state index in [1.165, 1.54) is 24.3 Å². The van der Waals surface area contributed by atoms with Crippen LogP contribution in [0.1, 0.15) is 41.1 Å². The Morgan fingerprint density at radius 3 is 2.47 bits per heavy atom. The van der Waals surface area contributed by atoms with Crippen molar-refractivity contribution in [3.8, 4) is 0 Å². The normalized spacial score (nSPS) is 12.0. The van der Waals surface area contributed by atoms with Crippen LogP contribution in [0.5, 0.6) is 0 Å². The molecular formula is C27H27ClFN5O2. The van der Waals surface area contributed by atoms with Crippen molar-refractivity contribution in [2.75, 3.05) is 20.1 Å². The van der Waals surface area contributed by atoms with Crippen molar-refractivity contribution in [3.05, 3.63) is 105 Å². The van der Waals surface area contributed by atoms with E-state index in [1.807, 2.05) is 37.3 Å². The molecule has 0 saturated heterocycles. The molecule has 2 aromatic carbocycles. The quantitative estimate of drug-likeness (QED) is 0.339. The Hall–Kier alpha value is -3.62. The molecule has 0 radical (unpaired) electrons. The van der Waals surface area contributed by atoms with Crippen LogP contribution in [-0.2, 0) is 6.54 Å². The summed E-state index contributed by atoms with van der Waals surface area (Å²) in [6.45, 7) is 3.09. The van der Waals surface area contributed by atoms with Crippen molar-refractivity contribution in [2.24, 2.45) is 0 Å². The van der Waals surface area contributed by atoms with Crippen LogP contribution in [0.2, 0.25) is 5.15 Å². The van der Waals surface area contributed by atoms with E-state index in [1.54, 1.807) is 28.6 Å². The van der Waals surface area contributed by atoms with Crippen molar-refractivity contribution >= 4 is 28.5 Å². The lowest BCUT2D eigenvalue weighted by Gasteiger charge is -2.32. The summed E-state index contributed by atoms with van der Waals surface area (Å²) in [7, 11) is 1.80. The lowest BCUT2D eigenvalue weighted by molar-refractivity contribution is 0.0660. The first-order chi connectivity index (χ1) is 17.4. The zero-order chi connectivity index (χ0) is 25.7. The van der Waals surface area contributed by atoms with Gasteiger partial charge in [-0.25, -0.2) is 14.4 Å². The van der Waals surface area contributed by atoms with Gasteiger partial charge in [0.15, 0.2) is 5.65 Å². The van der Waals surface area contributed by atoms with E-state index < -0.39 is 11.9 Å². The molecule has 0 aliphatic carbocycles. The molecule has 7 nitrogen and oxygen atoms in total. The number of benzene rings is 2. The number of nitrogens with one attached hydrogen (secondary N) is 1. The molecule has 2 heterocycles. The van der Waals surface area contributed by atoms with Gasteiger partial charge in [-0.05, 0) is 55.4 Å². The number of hydrogen-bond acceptors (Lipinski definition) is 5. The van der Waals surface area contributed by atoms with Gasteiger partial charge in [-0.3, -0.25) is 14.2 Å². The van der Waals surface area contributed by atoms with Gasteiger partial charge in [0, 0.05) is 18.7 Å². The molecule has 0 bridgehead atoms. The zero-order valence-corrected chi connectivity index (χ0v) is 20.9. The predicted molar refractivity (Wildman–Crippen MR) is 139 cm³/mol. The summed E-state index contributed by atoms with van der Waals surface area (Å²) in [5.41, 5.74) is 1.24.